The fraction of sp³-hybridized carbons (Fsp3) is 0.520. The van der Waals surface area contributed by atoms with Crippen molar-refractivity contribution >= 4 is 22.7 Å². The molecule has 0 bridgehead atoms. The zero-order chi connectivity index (χ0) is 21.4. The first-order valence-corrected chi connectivity index (χ1v) is 11.6. The van der Waals surface area contributed by atoms with Gasteiger partial charge in [0.05, 0.1) is 12.5 Å². The van der Waals surface area contributed by atoms with Crippen LogP contribution in [0.1, 0.15) is 56.9 Å². The van der Waals surface area contributed by atoms with Gasteiger partial charge in [-0.2, -0.15) is 0 Å². The molecule has 2 fully saturated rings. The van der Waals surface area contributed by atoms with E-state index in [0.29, 0.717) is 19.4 Å². The van der Waals surface area contributed by atoms with E-state index in [2.05, 4.69) is 16.4 Å². The van der Waals surface area contributed by atoms with Crippen LogP contribution >= 0.6 is 0 Å². The SMILES string of the molecule is COc1ccc2[nH]cc(CCNC(=O)C34CCC=C3N(C3CCCC3)C(=O)CC4)c2c1. The molecule has 1 atom stereocenters. The van der Waals surface area contributed by atoms with E-state index < -0.39 is 5.41 Å². The number of likely N-dealkylation sites (tertiary alicyclic amines) is 1. The lowest BCUT2D eigenvalue weighted by Crippen LogP contribution is -2.53. The van der Waals surface area contributed by atoms with E-state index in [9.17, 15) is 9.59 Å². The van der Waals surface area contributed by atoms with Crippen molar-refractivity contribution < 1.29 is 14.3 Å². The van der Waals surface area contributed by atoms with Crippen LogP contribution in [-0.4, -0.2) is 41.4 Å². The number of nitrogens with zero attached hydrogens (tertiary/aromatic N) is 1. The third-order valence-corrected chi connectivity index (χ3v) is 7.47. The maximum Gasteiger partial charge on any atom is 0.232 e. The first kappa shape index (κ1) is 20.2. The number of methoxy groups -OCH3 is 1. The molecule has 2 heterocycles. The zero-order valence-corrected chi connectivity index (χ0v) is 18.2. The summed E-state index contributed by atoms with van der Waals surface area (Å²) in [5, 5.41) is 4.34. The number of aromatic amines is 1. The van der Waals surface area contributed by atoms with Crippen LogP contribution in [-0.2, 0) is 16.0 Å². The van der Waals surface area contributed by atoms with Gasteiger partial charge in [-0.15, -0.1) is 0 Å². The molecule has 164 valence electrons. The van der Waals surface area contributed by atoms with Gasteiger partial charge in [0, 0.05) is 41.8 Å². The highest BCUT2D eigenvalue weighted by molar-refractivity contribution is 5.92. The summed E-state index contributed by atoms with van der Waals surface area (Å²) >= 11 is 0. The summed E-state index contributed by atoms with van der Waals surface area (Å²) in [5.74, 6) is 1.12. The van der Waals surface area contributed by atoms with Crippen LogP contribution in [0.2, 0.25) is 0 Å². The summed E-state index contributed by atoms with van der Waals surface area (Å²) in [4.78, 5) is 31.5. The second kappa shape index (κ2) is 8.06. The standard InChI is InChI=1S/C25H31N3O3/c1-31-19-8-9-21-20(15-19)17(16-27-21)11-14-26-24(30)25-12-4-7-22(25)28(23(29)10-13-25)18-5-2-3-6-18/h7-9,15-16,18,27H,2-6,10-14H2,1H3,(H,26,30). The van der Waals surface area contributed by atoms with Crippen LogP contribution in [0.15, 0.2) is 36.2 Å². The van der Waals surface area contributed by atoms with E-state index in [1.165, 1.54) is 18.4 Å². The Morgan fingerprint density at radius 2 is 2.13 bits per heavy atom. The molecule has 0 spiro atoms. The van der Waals surface area contributed by atoms with Crippen LogP contribution in [0.25, 0.3) is 10.9 Å². The number of aromatic nitrogens is 1. The van der Waals surface area contributed by atoms with E-state index in [1.54, 1.807) is 7.11 Å². The number of benzene rings is 1. The molecule has 31 heavy (non-hydrogen) atoms. The highest BCUT2D eigenvalue weighted by atomic mass is 16.5. The molecule has 6 heteroatoms. The fourth-order valence-electron chi connectivity index (χ4n) is 5.81. The van der Waals surface area contributed by atoms with Gasteiger partial charge in [-0.25, -0.2) is 0 Å². The molecule has 1 aromatic heterocycles. The number of hydrogen-bond acceptors (Lipinski definition) is 3. The third-order valence-electron chi connectivity index (χ3n) is 7.47. The molecule has 1 saturated carbocycles. The van der Waals surface area contributed by atoms with E-state index >= 15 is 0 Å². The molecule has 2 aliphatic carbocycles. The Balaban J connectivity index is 1.29. The molecular weight excluding hydrogens is 390 g/mol. The van der Waals surface area contributed by atoms with Crippen molar-refractivity contribution in [2.45, 2.75) is 63.8 Å². The van der Waals surface area contributed by atoms with Crippen LogP contribution in [0.3, 0.4) is 0 Å². The number of nitrogens with one attached hydrogen (secondary N) is 2. The van der Waals surface area contributed by atoms with Crippen molar-refractivity contribution in [1.82, 2.24) is 15.2 Å². The van der Waals surface area contributed by atoms with E-state index in [1.807, 2.05) is 29.3 Å². The topological polar surface area (TPSA) is 74.4 Å². The molecular formula is C25H31N3O3. The lowest BCUT2D eigenvalue weighted by Gasteiger charge is -2.44. The summed E-state index contributed by atoms with van der Waals surface area (Å²) in [6, 6.07) is 6.27. The van der Waals surface area contributed by atoms with Gasteiger partial charge in [-0.3, -0.25) is 9.59 Å². The number of ether oxygens (including phenoxy) is 1. The summed E-state index contributed by atoms with van der Waals surface area (Å²) in [5.41, 5.74) is 2.70. The van der Waals surface area contributed by atoms with Gasteiger partial charge < -0.3 is 19.9 Å². The van der Waals surface area contributed by atoms with Gasteiger partial charge in [-0.1, -0.05) is 18.9 Å². The Hall–Kier alpha value is -2.76. The van der Waals surface area contributed by atoms with Crippen molar-refractivity contribution in [2.75, 3.05) is 13.7 Å². The predicted octanol–water partition coefficient (Wildman–Crippen LogP) is 4.06. The number of hydrogen-bond donors (Lipinski definition) is 2. The molecule has 6 nitrogen and oxygen atoms in total. The van der Waals surface area contributed by atoms with Crippen molar-refractivity contribution in [1.29, 1.82) is 0 Å². The van der Waals surface area contributed by atoms with Crippen LogP contribution in [0, 0.1) is 5.41 Å². The van der Waals surface area contributed by atoms with Crippen LogP contribution < -0.4 is 10.1 Å². The minimum Gasteiger partial charge on any atom is -0.497 e. The molecule has 2 N–H and O–H groups in total. The van der Waals surface area contributed by atoms with Crippen molar-refractivity contribution in [3.63, 3.8) is 0 Å². The lowest BCUT2D eigenvalue weighted by molar-refractivity contribution is -0.141. The minimum absolute atomic E-state index is 0.0872. The highest BCUT2D eigenvalue weighted by Gasteiger charge is 2.52. The van der Waals surface area contributed by atoms with Gasteiger partial charge in [0.25, 0.3) is 0 Å². The molecule has 1 unspecified atom stereocenters. The first-order valence-electron chi connectivity index (χ1n) is 11.6. The Morgan fingerprint density at radius 3 is 2.94 bits per heavy atom. The maximum atomic E-state index is 13.4. The van der Waals surface area contributed by atoms with Crippen molar-refractivity contribution in [3.05, 3.63) is 41.7 Å². The summed E-state index contributed by atoms with van der Waals surface area (Å²) in [6.45, 7) is 0.579. The number of rotatable bonds is 6. The first-order chi connectivity index (χ1) is 15.1. The average molecular weight is 422 g/mol. The Kier molecular flexibility index (Phi) is 5.24. The summed E-state index contributed by atoms with van der Waals surface area (Å²) in [6.07, 6.45) is 12.2. The number of carbonyl (C=O) groups is 2. The average Bonchev–Trinajstić information content (AvgIpc) is 3.53. The Bertz CT molecular complexity index is 1030. The molecule has 1 aromatic carbocycles. The van der Waals surface area contributed by atoms with Crippen molar-refractivity contribution in [3.8, 4) is 5.75 Å². The summed E-state index contributed by atoms with van der Waals surface area (Å²) in [7, 11) is 1.67. The Labute approximate surface area is 183 Å². The van der Waals surface area contributed by atoms with E-state index in [0.717, 1.165) is 54.5 Å². The smallest absolute Gasteiger partial charge is 0.232 e. The third kappa shape index (κ3) is 3.42. The van der Waals surface area contributed by atoms with E-state index in [4.69, 9.17) is 4.74 Å². The number of H-pyrrole nitrogens is 1. The number of carbonyl (C=O) groups excluding carboxylic acids is 2. The molecule has 1 saturated heterocycles. The number of allylic oxidation sites excluding steroid dienone is 1. The Morgan fingerprint density at radius 1 is 1.29 bits per heavy atom. The zero-order valence-electron chi connectivity index (χ0n) is 18.2. The molecule has 1 aliphatic heterocycles. The van der Waals surface area contributed by atoms with Crippen LogP contribution in [0.5, 0.6) is 5.75 Å². The maximum absolute atomic E-state index is 13.4. The quantitative estimate of drug-likeness (QED) is 0.739. The van der Waals surface area contributed by atoms with Crippen LogP contribution in [0.4, 0.5) is 0 Å². The molecule has 0 radical (unpaired) electrons. The fourth-order valence-corrected chi connectivity index (χ4v) is 5.81. The number of piperidine rings is 1. The largest absolute Gasteiger partial charge is 0.497 e. The van der Waals surface area contributed by atoms with Gasteiger partial charge in [0.2, 0.25) is 11.8 Å². The number of amides is 2. The molecule has 2 amide bonds. The lowest BCUT2D eigenvalue weighted by atomic mass is 9.75. The van der Waals surface area contributed by atoms with Crippen molar-refractivity contribution in [2.24, 2.45) is 5.41 Å². The normalized spacial score (nSPS) is 23.8. The summed E-state index contributed by atoms with van der Waals surface area (Å²) < 4.78 is 5.35. The predicted molar refractivity (Wildman–Crippen MR) is 120 cm³/mol. The second-order valence-electron chi connectivity index (χ2n) is 9.14. The molecule has 3 aliphatic rings. The van der Waals surface area contributed by atoms with Gasteiger partial charge in [0.1, 0.15) is 5.75 Å². The molecule has 2 aromatic rings. The molecule has 5 rings (SSSR count). The minimum atomic E-state index is -0.528. The number of fused-ring (bicyclic) bond motifs is 2. The van der Waals surface area contributed by atoms with Gasteiger partial charge in [0.15, 0.2) is 0 Å². The van der Waals surface area contributed by atoms with E-state index in [-0.39, 0.29) is 17.9 Å². The monoisotopic (exact) mass is 421 g/mol. The van der Waals surface area contributed by atoms with Gasteiger partial charge in [-0.05, 0) is 62.3 Å². The van der Waals surface area contributed by atoms with Gasteiger partial charge >= 0.3 is 0 Å². The second-order valence-corrected chi connectivity index (χ2v) is 9.14. The highest BCUT2D eigenvalue weighted by Crippen LogP contribution is 2.50.